The lowest BCUT2D eigenvalue weighted by Crippen LogP contribution is -2.44. The number of fused-ring (bicyclic) bond motifs is 3. The third-order valence-electron chi connectivity index (χ3n) is 6.73. The second kappa shape index (κ2) is 8.90. The van der Waals surface area contributed by atoms with Crippen molar-refractivity contribution in [3.8, 4) is 17.2 Å². The van der Waals surface area contributed by atoms with Gasteiger partial charge in [-0.1, -0.05) is 25.5 Å². The Hall–Kier alpha value is -3.56. The second-order valence-electron chi connectivity index (χ2n) is 9.09. The summed E-state index contributed by atoms with van der Waals surface area (Å²) in [4.78, 5) is 50.9. The summed E-state index contributed by atoms with van der Waals surface area (Å²) in [5.74, 6) is -3.82. The van der Waals surface area contributed by atoms with Gasteiger partial charge < -0.3 is 25.2 Å². The smallest absolute Gasteiger partial charge is 0.202 e. The quantitative estimate of drug-likeness (QED) is 0.371. The van der Waals surface area contributed by atoms with E-state index in [0.29, 0.717) is 12.8 Å². The van der Waals surface area contributed by atoms with E-state index >= 15 is 0 Å². The summed E-state index contributed by atoms with van der Waals surface area (Å²) in [6.45, 7) is 2.78. The Bertz CT molecular complexity index is 1280. The minimum atomic E-state index is -2.00. The summed E-state index contributed by atoms with van der Waals surface area (Å²) >= 11 is 0. The first-order valence-corrected chi connectivity index (χ1v) is 11.4. The molecule has 0 heterocycles. The van der Waals surface area contributed by atoms with Gasteiger partial charge in [-0.25, -0.2) is 0 Å². The highest BCUT2D eigenvalue weighted by molar-refractivity contribution is 6.31. The fourth-order valence-electron chi connectivity index (χ4n) is 4.77. The molecule has 0 radical (unpaired) electrons. The van der Waals surface area contributed by atoms with Crippen LogP contribution >= 0.6 is 0 Å². The zero-order valence-electron chi connectivity index (χ0n) is 19.4. The fourth-order valence-corrected chi connectivity index (χ4v) is 4.77. The van der Waals surface area contributed by atoms with Crippen LogP contribution in [0.5, 0.6) is 17.2 Å². The number of phenolic OH excluding ortho intramolecular Hbond substituents is 2. The van der Waals surface area contributed by atoms with E-state index < -0.39 is 64.5 Å². The van der Waals surface area contributed by atoms with Crippen LogP contribution in [0.4, 0.5) is 0 Å². The summed E-state index contributed by atoms with van der Waals surface area (Å²) in [6, 6.07) is 4.26. The molecule has 2 aromatic rings. The van der Waals surface area contributed by atoms with Crippen LogP contribution in [0.1, 0.15) is 88.6 Å². The lowest BCUT2D eigenvalue weighted by atomic mass is 9.72. The molecule has 0 amide bonds. The van der Waals surface area contributed by atoms with Crippen molar-refractivity contribution in [3.05, 3.63) is 51.6 Å². The SMILES string of the molecule is CCCCC(=O)COc1cccc2c1C(=O)c1c(O)c3c(c(O)c1C2=O)CC(O)(C(C)=O)CC3O. The first kappa shape index (κ1) is 24.6. The lowest BCUT2D eigenvalue weighted by molar-refractivity contribution is -0.139. The molecule has 0 bridgehead atoms. The van der Waals surface area contributed by atoms with E-state index in [9.17, 15) is 39.6 Å². The van der Waals surface area contributed by atoms with Crippen LogP contribution in [0.25, 0.3) is 0 Å². The number of unbranched alkanes of at least 4 members (excludes halogenated alkanes) is 1. The number of aliphatic hydroxyl groups excluding tert-OH is 1. The normalized spacial score (nSPS) is 20.6. The molecule has 184 valence electrons. The van der Waals surface area contributed by atoms with Gasteiger partial charge >= 0.3 is 0 Å². The summed E-state index contributed by atoms with van der Waals surface area (Å²) < 4.78 is 5.57. The van der Waals surface area contributed by atoms with E-state index in [1.165, 1.54) is 18.2 Å². The molecule has 4 N–H and O–H groups in total. The molecule has 35 heavy (non-hydrogen) atoms. The highest BCUT2D eigenvalue weighted by Crippen LogP contribution is 2.50. The summed E-state index contributed by atoms with van der Waals surface area (Å²) in [7, 11) is 0. The van der Waals surface area contributed by atoms with E-state index in [2.05, 4.69) is 0 Å². The molecule has 2 atom stereocenters. The van der Waals surface area contributed by atoms with Crippen molar-refractivity contribution < 1.29 is 44.3 Å². The predicted molar refractivity (Wildman–Crippen MR) is 122 cm³/mol. The average molecular weight is 482 g/mol. The molecule has 2 aromatic carbocycles. The van der Waals surface area contributed by atoms with E-state index in [0.717, 1.165) is 13.3 Å². The van der Waals surface area contributed by atoms with Crippen LogP contribution in [-0.4, -0.2) is 55.8 Å². The maximum Gasteiger partial charge on any atom is 0.202 e. The Morgan fingerprint density at radius 3 is 2.43 bits per heavy atom. The number of carbonyl (C=O) groups excluding carboxylic acids is 4. The number of carbonyl (C=O) groups is 4. The third kappa shape index (κ3) is 3.90. The van der Waals surface area contributed by atoms with E-state index in [4.69, 9.17) is 4.74 Å². The highest BCUT2D eigenvalue weighted by atomic mass is 16.5. The molecular formula is C26H26O9. The van der Waals surface area contributed by atoms with Crippen LogP contribution in [0.3, 0.4) is 0 Å². The summed E-state index contributed by atoms with van der Waals surface area (Å²) in [6.07, 6.45) is -0.631. The summed E-state index contributed by atoms with van der Waals surface area (Å²) in [5.41, 5.74) is -3.62. The van der Waals surface area contributed by atoms with E-state index in [1.807, 2.05) is 6.92 Å². The first-order valence-electron chi connectivity index (χ1n) is 11.4. The van der Waals surface area contributed by atoms with E-state index in [-0.39, 0.29) is 40.4 Å². The molecule has 0 saturated carbocycles. The summed E-state index contributed by atoms with van der Waals surface area (Å²) in [5, 5.41) is 43.3. The molecule has 2 aliphatic carbocycles. The van der Waals surface area contributed by atoms with Crippen molar-refractivity contribution >= 4 is 23.1 Å². The van der Waals surface area contributed by atoms with Gasteiger partial charge in [0.25, 0.3) is 0 Å². The maximum absolute atomic E-state index is 13.5. The van der Waals surface area contributed by atoms with Crippen molar-refractivity contribution in [2.45, 2.75) is 57.7 Å². The van der Waals surface area contributed by atoms with Crippen LogP contribution in [0, 0.1) is 0 Å². The van der Waals surface area contributed by atoms with Crippen molar-refractivity contribution in [1.29, 1.82) is 0 Å². The average Bonchev–Trinajstić information content (AvgIpc) is 2.81. The Morgan fingerprint density at radius 2 is 1.77 bits per heavy atom. The molecule has 0 fully saturated rings. The van der Waals surface area contributed by atoms with Gasteiger partial charge in [-0.05, 0) is 19.4 Å². The molecule has 4 rings (SSSR count). The molecular weight excluding hydrogens is 456 g/mol. The van der Waals surface area contributed by atoms with Gasteiger partial charge in [0.15, 0.2) is 17.3 Å². The van der Waals surface area contributed by atoms with Crippen molar-refractivity contribution in [2.24, 2.45) is 0 Å². The number of aliphatic hydroxyl groups is 2. The number of phenols is 2. The van der Waals surface area contributed by atoms with Gasteiger partial charge in [-0.15, -0.1) is 0 Å². The Morgan fingerprint density at radius 1 is 1.09 bits per heavy atom. The van der Waals surface area contributed by atoms with Crippen LogP contribution in [0.2, 0.25) is 0 Å². The molecule has 2 aliphatic rings. The number of ether oxygens (including phenoxy) is 1. The molecule has 9 nitrogen and oxygen atoms in total. The largest absolute Gasteiger partial charge is 0.507 e. The lowest BCUT2D eigenvalue weighted by Gasteiger charge is -2.36. The highest BCUT2D eigenvalue weighted by Gasteiger charge is 2.47. The number of ketones is 4. The number of hydrogen-bond donors (Lipinski definition) is 4. The van der Waals surface area contributed by atoms with Crippen LogP contribution in [0.15, 0.2) is 18.2 Å². The Labute approximate surface area is 201 Å². The topological polar surface area (TPSA) is 158 Å². The molecule has 2 unspecified atom stereocenters. The Kier molecular flexibility index (Phi) is 6.25. The second-order valence-corrected chi connectivity index (χ2v) is 9.09. The standard InChI is InChI=1S/C26H26O9/c1-3-4-6-13(28)11-35-17-8-5-7-14-19(17)25(33)21-20(22(14)30)23(31)15-9-26(34,12(2)27)10-16(29)18(15)24(21)32/h5,7-8,16,29,31-32,34H,3-4,6,9-11H2,1-2H3. The molecule has 0 aromatic heterocycles. The predicted octanol–water partition coefficient (Wildman–Crippen LogP) is 2.31. The number of benzene rings is 2. The Balaban J connectivity index is 1.82. The zero-order chi connectivity index (χ0) is 25.7. The molecule has 0 saturated heterocycles. The number of rotatable bonds is 7. The van der Waals surface area contributed by atoms with Gasteiger partial charge in [-0.3, -0.25) is 19.2 Å². The first-order chi connectivity index (χ1) is 16.5. The monoisotopic (exact) mass is 482 g/mol. The fraction of sp³-hybridized carbons (Fsp3) is 0.385. The number of Topliss-reactive ketones (excluding diaryl/α,β-unsaturated/α-hetero) is 2. The van der Waals surface area contributed by atoms with Crippen molar-refractivity contribution in [3.63, 3.8) is 0 Å². The number of hydrogen-bond acceptors (Lipinski definition) is 9. The van der Waals surface area contributed by atoms with Crippen LogP contribution < -0.4 is 4.74 Å². The maximum atomic E-state index is 13.5. The van der Waals surface area contributed by atoms with Gasteiger partial charge in [0, 0.05) is 36.0 Å². The van der Waals surface area contributed by atoms with Gasteiger partial charge in [0.1, 0.15) is 29.5 Å². The number of aromatic hydroxyl groups is 2. The zero-order valence-corrected chi connectivity index (χ0v) is 19.4. The van der Waals surface area contributed by atoms with Crippen molar-refractivity contribution in [2.75, 3.05) is 6.61 Å². The minimum Gasteiger partial charge on any atom is -0.507 e. The molecule has 9 heteroatoms. The third-order valence-corrected chi connectivity index (χ3v) is 6.73. The van der Waals surface area contributed by atoms with Gasteiger partial charge in [-0.2, -0.15) is 0 Å². The van der Waals surface area contributed by atoms with Crippen molar-refractivity contribution in [1.82, 2.24) is 0 Å². The van der Waals surface area contributed by atoms with Gasteiger partial charge in [0.05, 0.1) is 22.8 Å². The van der Waals surface area contributed by atoms with Crippen LogP contribution in [-0.2, 0) is 16.0 Å². The van der Waals surface area contributed by atoms with Gasteiger partial charge in [0.2, 0.25) is 5.78 Å². The minimum absolute atomic E-state index is 0.0144. The molecule has 0 aliphatic heterocycles. The molecule has 0 spiro atoms. The van der Waals surface area contributed by atoms with E-state index in [1.54, 1.807) is 0 Å².